The van der Waals surface area contributed by atoms with Crippen LogP contribution < -0.4 is 21.5 Å². The molecule has 1 aromatic rings. The second-order valence-corrected chi connectivity index (χ2v) is 4.72. The maximum atomic E-state index is 11.8. The topological polar surface area (TPSA) is 157 Å². The number of aliphatic carboxylic acids is 1. The van der Waals surface area contributed by atoms with E-state index >= 15 is 0 Å². The Labute approximate surface area is 126 Å². The molecule has 6 N–H and O–H groups in total. The van der Waals surface area contributed by atoms with Gasteiger partial charge >= 0.3 is 0 Å². The number of non-ortho nitro benzene ring substituents is 1. The van der Waals surface area contributed by atoms with Gasteiger partial charge in [0.05, 0.1) is 30.4 Å². The molecular formula is C13H19N4O5+. The van der Waals surface area contributed by atoms with Crippen molar-refractivity contribution in [2.45, 2.75) is 18.9 Å². The molecule has 0 aliphatic carbocycles. The van der Waals surface area contributed by atoms with Crippen molar-refractivity contribution in [2.24, 2.45) is 0 Å². The van der Waals surface area contributed by atoms with Gasteiger partial charge in [0.15, 0.2) is 0 Å². The number of amides is 1. The molecule has 0 unspecified atom stereocenters. The van der Waals surface area contributed by atoms with Gasteiger partial charge in [-0.3, -0.25) is 14.9 Å². The maximum Gasteiger partial charge on any atom is 0.271 e. The van der Waals surface area contributed by atoms with Crippen molar-refractivity contribution >= 4 is 23.3 Å². The summed E-state index contributed by atoms with van der Waals surface area (Å²) in [6.07, 6.45) is 0.457. The van der Waals surface area contributed by atoms with Crippen LogP contribution >= 0.6 is 0 Å². The highest BCUT2D eigenvalue weighted by molar-refractivity contribution is 5.93. The Bertz CT molecular complexity index is 549. The molecule has 9 nitrogen and oxygen atoms in total. The number of hydrogen-bond acceptors (Lipinski definition) is 5. The van der Waals surface area contributed by atoms with Crippen LogP contribution in [0.25, 0.3) is 0 Å². The number of nitrogens with one attached hydrogen (secondary N) is 1. The molecule has 1 amide bonds. The van der Waals surface area contributed by atoms with Gasteiger partial charge in [0.25, 0.3) is 5.69 Å². The summed E-state index contributed by atoms with van der Waals surface area (Å²) in [7, 11) is 0. The van der Waals surface area contributed by atoms with E-state index in [0.717, 1.165) is 6.42 Å². The SMILES string of the molecule is [NH3+]CCC[NH2+][C@H](CC(=O)Nc1cccc([N+](=O)[O-])c1)C(=O)[O-]. The molecule has 22 heavy (non-hydrogen) atoms. The number of nitro groups is 1. The number of quaternary nitrogens is 2. The highest BCUT2D eigenvalue weighted by Crippen LogP contribution is 2.17. The predicted molar refractivity (Wildman–Crippen MR) is 74.3 cm³/mol. The summed E-state index contributed by atoms with van der Waals surface area (Å²) in [5, 5.41) is 25.6. The molecule has 0 saturated carbocycles. The van der Waals surface area contributed by atoms with Gasteiger partial charge in [0, 0.05) is 24.2 Å². The molecule has 0 aromatic heterocycles. The largest absolute Gasteiger partial charge is 0.544 e. The van der Waals surface area contributed by atoms with Gasteiger partial charge < -0.3 is 26.3 Å². The Morgan fingerprint density at radius 3 is 2.73 bits per heavy atom. The molecule has 1 atom stereocenters. The normalized spacial score (nSPS) is 11.7. The molecule has 120 valence electrons. The number of carbonyl (C=O) groups excluding carboxylic acids is 2. The van der Waals surface area contributed by atoms with Crippen LogP contribution in [0.5, 0.6) is 0 Å². The number of carboxylic acid groups (broad SMARTS) is 1. The third-order valence-electron chi connectivity index (χ3n) is 2.95. The van der Waals surface area contributed by atoms with Crippen molar-refractivity contribution in [1.82, 2.24) is 0 Å². The van der Waals surface area contributed by atoms with Crippen LogP contribution in [0.4, 0.5) is 11.4 Å². The number of rotatable bonds is 9. The lowest BCUT2D eigenvalue weighted by Crippen LogP contribution is -2.93. The average Bonchev–Trinajstić information content (AvgIpc) is 2.46. The number of hydrogen-bond donors (Lipinski definition) is 3. The van der Waals surface area contributed by atoms with Crippen LogP contribution in [-0.4, -0.2) is 35.9 Å². The molecule has 1 rings (SSSR count). The Balaban J connectivity index is 2.61. The summed E-state index contributed by atoms with van der Waals surface area (Å²) in [4.78, 5) is 32.9. The third-order valence-corrected chi connectivity index (χ3v) is 2.95. The zero-order chi connectivity index (χ0) is 16.5. The Hall–Kier alpha value is -2.52. The van der Waals surface area contributed by atoms with Crippen molar-refractivity contribution in [3.05, 3.63) is 34.4 Å². The maximum absolute atomic E-state index is 11.8. The van der Waals surface area contributed by atoms with Crippen LogP contribution in [0.2, 0.25) is 0 Å². The van der Waals surface area contributed by atoms with E-state index in [4.69, 9.17) is 0 Å². The quantitative estimate of drug-likeness (QED) is 0.256. The lowest BCUT2D eigenvalue weighted by Gasteiger charge is -2.16. The smallest absolute Gasteiger partial charge is 0.271 e. The number of carboxylic acids is 1. The monoisotopic (exact) mass is 311 g/mol. The van der Waals surface area contributed by atoms with E-state index in [0.29, 0.717) is 13.1 Å². The van der Waals surface area contributed by atoms with Gasteiger partial charge in [-0.1, -0.05) is 6.07 Å². The highest BCUT2D eigenvalue weighted by Gasteiger charge is 2.18. The molecule has 0 aliphatic rings. The Kier molecular flexibility index (Phi) is 6.93. The fourth-order valence-corrected chi connectivity index (χ4v) is 1.84. The van der Waals surface area contributed by atoms with Gasteiger partial charge in [-0.25, -0.2) is 0 Å². The molecular weight excluding hydrogens is 292 g/mol. The zero-order valence-electron chi connectivity index (χ0n) is 12.0. The number of nitro benzene ring substituents is 1. The summed E-state index contributed by atoms with van der Waals surface area (Å²) in [6, 6.07) is 4.44. The minimum absolute atomic E-state index is 0.156. The van der Waals surface area contributed by atoms with Gasteiger partial charge in [-0.15, -0.1) is 0 Å². The summed E-state index contributed by atoms with van der Waals surface area (Å²) in [6.45, 7) is 1.21. The van der Waals surface area contributed by atoms with Crippen LogP contribution in [-0.2, 0) is 9.59 Å². The minimum Gasteiger partial charge on any atom is -0.544 e. The first-order valence-electron chi connectivity index (χ1n) is 6.81. The summed E-state index contributed by atoms with van der Waals surface area (Å²) in [5.41, 5.74) is 3.74. The molecule has 0 aliphatic heterocycles. The van der Waals surface area contributed by atoms with Gasteiger partial charge in [0.1, 0.15) is 6.04 Å². The van der Waals surface area contributed by atoms with Crippen molar-refractivity contribution < 1.29 is 30.7 Å². The van der Waals surface area contributed by atoms with E-state index in [9.17, 15) is 24.8 Å². The van der Waals surface area contributed by atoms with Crippen molar-refractivity contribution in [1.29, 1.82) is 0 Å². The van der Waals surface area contributed by atoms with Crippen molar-refractivity contribution in [2.75, 3.05) is 18.4 Å². The van der Waals surface area contributed by atoms with Crippen LogP contribution in [0.3, 0.4) is 0 Å². The third kappa shape index (κ3) is 5.85. The molecule has 0 saturated heterocycles. The van der Waals surface area contributed by atoms with E-state index in [1.54, 1.807) is 0 Å². The molecule has 0 spiro atoms. The van der Waals surface area contributed by atoms with Gasteiger partial charge in [-0.2, -0.15) is 0 Å². The molecule has 1 aromatic carbocycles. The standard InChI is InChI=1S/C13H18N4O5/c14-5-2-6-15-11(13(19)20)8-12(18)16-9-3-1-4-10(7-9)17(21)22/h1,3-4,7,11,15H,2,5-6,8,14H2,(H,16,18)(H,19,20)/p+1/t11-/m1/s1. The van der Waals surface area contributed by atoms with E-state index < -0.39 is 22.8 Å². The lowest BCUT2D eigenvalue weighted by atomic mass is 10.2. The fraction of sp³-hybridized carbons (Fsp3) is 0.385. The first-order valence-corrected chi connectivity index (χ1v) is 6.81. The minimum atomic E-state index is -1.32. The number of nitrogens with zero attached hydrogens (tertiary/aromatic N) is 1. The van der Waals surface area contributed by atoms with Crippen LogP contribution in [0.1, 0.15) is 12.8 Å². The fourth-order valence-electron chi connectivity index (χ4n) is 1.84. The van der Waals surface area contributed by atoms with Gasteiger partial charge in [-0.05, 0) is 6.07 Å². The second kappa shape index (κ2) is 8.70. The van der Waals surface area contributed by atoms with Gasteiger partial charge in [0.2, 0.25) is 5.91 Å². The highest BCUT2D eigenvalue weighted by atomic mass is 16.6. The van der Waals surface area contributed by atoms with Crippen molar-refractivity contribution in [3.63, 3.8) is 0 Å². The number of benzene rings is 1. The number of nitrogens with two attached hydrogens (primary N) is 1. The second-order valence-electron chi connectivity index (χ2n) is 4.72. The summed E-state index contributed by atoms with van der Waals surface area (Å²) < 4.78 is 0. The van der Waals surface area contributed by atoms with E-state index in [1.165, 1.54) is 29.6 Å². The molecule has 0 fully saturated rings. The Morgan fingerprint density at radius 2 is 2.14 bits per heavy atom. The first-order chi connectivity index (χ1) is 10.4. The molecule has 0 radical (unpaired) electrons. The number of carbonyl (C=O) groups is 2. The first kappa shape index (κ1) is 17.5. The van der Waals surface area contributed by atoms with E-state index in [1.807, 2.05) is 0 Å². The predicted octanol–water partition coefficient (Wildman–Crippen LogP) is -2.76. The zero-order valence-corrected chi connectivity index (χ0v) is 12.0. The van der Waals surface area contributed by atoms with Crippen LogP contribution in [0, 0.1) is 10.1 Å². The van der Waals surface area contributed by atoms with E-state index in [-0.39, 0.29) is 17.8 Å². The summed E-state index contributed by atoms with van der Waals surface area (Å²) in [5.74, 6) is -1.86. The molecule has 0 heterocycles. The lowest BCUT2D eigenvalue weighted by molar-refractivity contribution is -0.684. The average molecular weight is 311 g/mol. The summed E-state index contributed by atoms with van der Waals surface area (Å²) >= 11 is 0. The van der Waals surface area contributed by atoms with Crippen molar-refractivity contribution in [3.8, 4) is 0 Å². The van der Waals surface area contributed by atoms with Crippen LogP contribution in [0.15, 0.2) is 24.3 Å². The van der Waals surface area contributed by atoms with E-state index in [2.05, 4.69) is 11.1 Å². The Morgan fingerprint density at radius 1 is 1.41 bits per heavy atom. The molecule has 0 bridgehead atoms. The molecule has 9 heteroatoms. The number of anilines is 1.